The van der Waals surface area contributed by atoms with Crippen LogP contribution in [0.25, 0.3) is 0 Å². The van der Waals surface area contributed by atoms with Crippen molar-refractivity contribution in [3.8, 4) is 11.6 Å². The highest BCUT2D eigenvalue weighted by Crippen LogP contribution is 2.26. The van der Waals surface area contributed by atoms with Crippen molar-refractivity contribution in [1.29, 1.82) is 0 Å². The Labute approximate surface area is 122 Å². The monoisotopic (exact) mass is 293 g/mol. The lowest BCUT2D eigenvalue weighted by atomic mass is 9.96. The Morgan fingerprint density at radius 1 is 1.20 bits per heavy atom. The summed E-state index contributed by atoms with van der Waals surface area (Å²) in [5.74, 6) is 7.40. The maximum atomic E-state index is 5.87. The molecule has 20 heavy (non-hydrogen) atoms. The van der Waals surface area contributed by atoms with E-state index in [0.717, 1.165) is 0 Å². The molecule has 3 N–H and O–H groups in total. The normalized spacial score (nSPS) is 11.2. The molecule has 0 amide bonds. The molecule has 2 rings (SSSR count). The second-order valence-electron chi connectivity index (χ2n) is 5.25. The second kappa shape index (κ2) is 5.60. The van der Waals surface area contributed by atoms with Crippen molar-refractivity contribution in [1.82, 2.24) is 15.0 Å². The Kier molecular flexibility index (Phi) is 4.06. The summed E-state index contributed by atoms with van der Waals surface area (Å²) in [6.45, 7) is 6.02. The number of nitrogens with one attached hydrogen (secondary N) is 1. The molecule has 0 aliphatic heterocycles. The molecule has 2 aromatic heterocycles. The van der Waals surface area contributed by atoms with E-state index in [2.05, 4.69) is 20.4 Å². The molecule has 106 valence electrons. The molecule has 0 aliphatic carbocycles. The van der Waals surface area contributed by atoms with Gasteiger partial charge < -0.3 is 10.2 Å². The molecule has 0 atom stereocenters. The number of hydrogen-bond donors (Lipinski definition) is 2. The van der Waals surface area contributed by atoms with E-state index in [1.165, 1.54) is 6.20 Å². The van der Waals surface area contributed by atoms with E-state index >= 15 is 0 Å². The lowest BCUT2D eigenvalue weighted by Crippen LogP contribution is -2.19. The Balaban J connectivity index is 2.36. The van der Waals surface area contributed by atoms with Crippen LogP contribution in [-0.4, -0.2) is 15.0 Å². The Morgan fingerprint density at radius 3 is 2.55 bits per heavy atom. The molecule has 2 aromatic rings. The van der Waals surface area contributed by atoms with Crippen molar-refractivity contribution < 1.29 is 4.74 Å². The van der Waals surface area contributed by atoms with Gasteiger partial charge in [-0.1, -0.05) is 32.4 Å². The standard InChI is InChI=1S/C13H16ClN5O/c1-13(2,3)12-17-10(19-15)5-11(18-12)20-9-4-8(14)6-16-7-9/h4-7H,15H2,1-3H3,(H,17,18,19). The predicted molar refractivity (Wildman–Crippen MR) is 77.9 cm³/mol. The van der Waals surface area contributed by atoms with Crippen LogP contribution in [0.1, 0.15) is 26.6 Å². The summed E-state index contributed by atoms with van der Waals surface area (Å²) in [5.41, 5.74) is 2.28. The SMILES string of the molecule is CC(C)(C)c1nc(NN)cc(Oc2cncc(Cl)c2)n1. The number of rotatable bonds is 3. The summed E-state index contributed by atoms with van der Waals surface area (Å²) < 4.78 is 5.64. The van der Waals surface area contributed by atoms with Gasteiger partial charge in [0.1, 0.15) is 17.4 Å². The van der Waals surface area contributed by atoms with Crippen LogP contribution in [0.15, 0.2) is 24.5 Å². The Hall–Kier alpha value is -1.92. The summed E-state index contributed by atoms with van der Waals surface area (Å²) in [4.78, 5) is 12.6. The lowest BCUT2D eigenvalue weighted by Gasteiger charge is -2.18. The summed E-state index contributed by atoms with van der Waals surface area (Å²) in [7, 11) is 0. The molecule has 0 radical (unpaired) electrons. The first-order valence-corrected chi connectivity index (χ1v) is 6.41. The van der Waals surface area contributed by atoms with Crippen LogP contribution in [0, 0.1) is 0 Å². The third-order valence-electron chi connectivity index (χ3n) is 2.42. The fourth-order valence-corrected chi connectivity index (χ4v) is 1.62. The van der Waals surface area contributed by atoms with Crippen molar-refractivity contribution in [3.05, 3.63) is 35.4 Å². The molecule has 6 nitrogen and oxygen atoms in total. The van der Waals surface area contributed by atoms with Crippen LogP contribution in [0.5, 0.6) is 11.6 Å². The number of pyridine rings is 1. The average molecular weight is 294 g/mol. The molecule has 2 heterocycles. The quantitative estimate of drug-likeness (QED) is 0.668. The number of aromatic nitrogens is 3. The van der Waals surface area contributed by atoms with Gasteiger partial charge in [-0.15, -0.1) is 0 Å². The number of ether oxygens (including phenoxy) is 1. The van der Waals surface area contributed by atoms with Gasteiger partial charge in [-0.3, -0.25) is 4.98 Å². The summed E-state index contributed by atoms with van der Waals surface area (Å²) in [6.07, 6.45) is 3.09. The topological polar surface area (TPSA) is 86.0 Å². The molecule has 0 fully saturated rings. The minimum atomic E-state index is -0.225. The van der Waals surface area contributed by atoms with Crippen LogP contribution < -0.4 is 16.0 Å². The smallest absolute Gasteiger partial charge is 0.224 e. The number of hydrogen-bond acceptors (Lipinski definition) is 6. The van der Waals surface area contributed by atoms with E-state index in [-0.39, 0.29) is 5.41 Å². The molecule has 0 aromatic carbocycles. The zero-order chi connectivity index (χ0) is 14.8. The third-order valence-corrected chi connectivity index (χ3v) is 2.63. The van der Waals surface area contributed by atoms with Gasteiger partial charge in [0.15, 0.2) is 0 Å². The maximum absolute atomic E-state index is 5.87. The fraction of sp³-hybridized carbons (Fsp3) is 0.308. The fourth-order valence-electron chi connectivity index (χ4n) is 1.46. The zero-order valence-electron chi connectivity index (χ0n) is 11.5. The summed E-state index contributed by atoms with van der Waals surface area (Å²) >= 11 is 5.87. The largest absolute Gasteiger partial charge is 0.437 e. The average Bonchev–Trinajstić information content (AvgIpc) is 2.37. The highest BCUT2D eigenvalue weighted by Gasteiger charge is 2.19. The van der Waals surface area contributed by atoms with Gasteiger partial charge in [-0.25, -0.2) is 10.8 Å². The molecule has 0 bridgehead atoms. The highest BCUT2D eigenvalue weighted by atomic mass is 35.5. The summed E-state index contributed by atoms with van der Waals surface area (Å²) in [5, 5.41) is 0.491. The number of anilines is 1. The Morgan fingerprint density at radius 2 is 1.95 bits per heavy atom. The maximum Gasteiger partial charge on any atom is 0.224 e. The van der Waals surface area contributed by atoms with Crippen LogP contribution in [0.4, 0.5) is 5.82 Å². The van der Waals surface area contributed by atoms with Crippen molar-refractivity contribution >= 4 is 17.4 Å². The molecule has 0 saturated carbocycles. The van der Waals surface area contributed by atoms with Crippen LogP contribution in [0.2, 0.25) is 5.02 Å². The van der Waals surface area contributed by atoms with Crippen molar-refractivity contribution in [3.63, 3.8) is 0 Å². The Bertz CT molecular complexity index is 612. The van der Waals surface area contributed by atoms with Crippen LogP contribution in [0.3, 0.4) is 0 Å². The first kappa shape index (κ1) is 14.5. The molecule has 0 spiro atoms. The molecular formula is C13H16ClN5O. The van der Waals surface area contributed by atoms with Crippen molar-refractivity contribution in [2.75, 3.05) is 5.43 Å². The van der Waals surface area contributed by atoms with E-state index < -0.39 is 0 Å². The molecule has 0 unspecified atom stereocenters. The van der Waals surface area contributed by atoms with Gasteiger partial charge in [-0.05, 0) is 0 Å². The predicted octanol–water partition coefficient (Wildman–Crippen LogP) is 2.90. The number of nitrogen functional groups attached to an aromatic ring is 1. The summed E-state index contributed by atoms with van der Waals surface area (Å²) in [6, 6.07) is 3.26. The lowest BCUT2D eigenvalue weighted by molar-refractivity contribution is 0.445. The first-order chi connectivity index (χ1) is 9.38. The number of nitrogens with zero attached hydrogens (tertiary/aromatic N) is 3. The zero-order valence-corrected chi connectivity index (χ0v) is 12.3. The minimum absolute atomic E-state index is 0.225. The van der Waals surface area contributed by atoms with Gasteiger partial charge in [0.05, 0.1) is 11.2 Å². The second-order valence-corrected chi connectivity index (χ2v) is 5.69. The molecule has 0 saturated heterocycles. The van der Waals surface area contributed by atoms with Crippen LogP contribution >= 0.6 is 11.6 Å². The van der Waals surface area contributed by atoms with Gasteiger partial charge in [0.2, 0.25) is 5.88 Å². The van der Waals surface area contributed by atoms with E-state index in [1.54, 1.807) is 18.3 Å². The van der Waals surface area contributed by atoms with Gasteiger partial charge in [0.25, 0.3) is 0 Å². The number of nitrogens with two attached hydrogens (primary N) is 1. The van der Waals surface area contributed by atoms with Crippen LogP contribution in [-0.2, 0) is 5.41 Å². The van der Waals surface area contributed by atoms with Gasteiger partial charge in [-0.2, -0.15) is 4.98 Å². The highest BCUT2D eigenvalue weighted by molar-refractivity contribution is 6.30. The molecule has 0 aliphatic rings. The van der Waals surface area contributed by atoms with E-state index in [4.69, 9.17) is 22.2 Å². The third kappa shape index (κ3) is 3.55. The molecular weight excluding hydrogens is 278 g/mol. The molecule has 7 heteroatoms. The number of halogens is 1. The van der Waals surface area contributed by atoms with E-state index in [1.807, 2.05) is 20.8 Å². The number of hydrazine groups is 1. The van der Waals surface area contributed by atoms with Gasteiger partial charge >= 0.3 is 0 Å². The van der Waals surface area contributed by atoms with Crippen molar-refractivity contribution in [2.24, 2.45) is 5.84 Å². The van der Waals surface area contributed by atoms with Gasteiger partial charge in [0, 0.05) is 23.7 Å². The first-order valence-electron chi connectivity index (χ1n) is 6.03. The minimum Gasteiger partial charge on any atom is -0.437 e. The van der Waals surface area contributed by atoms with E-state index in [0.29, 0.717) is 28.3 Å². The van der Waals surface area contributed by atoms with Crippen molar-refractivity contribution in [2.45, 2.75) is 26.2 Å². The van der Waals surface area contributed by atoms with E-state index in [9.17, 15) is 0 Å².